The summed E-state index contributed by atoms with van der Waals surface area (Å²) in [6, 6.07) is 14.0. The molecule has 0 spiro atoms. The fourth-order valence-electron chi connectivity index (χ4n) is 3.42. The lowest BCUT2D eigenvalue weighted by Gasteiger charge is -2.35. The molecule has 0 radical (unpaired) electrons. The third-order valence-electron chi connectivity index (χ3n) is 4.85. The summed E-state index contributed by atoms with van der Waals surface area (Å²) in [5.41, 5.74) is 2.83. The van der Waals surface area contributed by atoms with Crippen molar-refractivity contribution in [2.75, 3.05) is 31.1 Å². The molecule has 1 aliphatic heterocycles. The highest BCUT2D eigenvalue weighted by molar-refractivity contribution is 6.34. The first-order valence-electron chi connectivity index (χ1n) is 8.83. The second-order valence-electron chi connectivity index (χ2n) is 6.43. The molecule has 1 fully saturated rings. The first-order valence-corrected chi connectivity index (χ1v) is 9.21. The zero-order valence-electron chi connectivity index (χ0n) is 14.8. The lowest BCUT2D eigenvalue weighted by Crippen LogP contribution is -2.48. The topological polar surface area (TPSA) is 49.3 Å². The highest BCUT2D eigenvalue weighted by Gasteiger charge is 2.22. The summed E-state index contributed by atoms with van der Waals surface area (Å²) in [5.74, 6) is 0.847. The summed E-state index contributed by atoms with van der Waals surface area (Å²) in [4.78, 5) is 24.7. The van der Waals surface area contributed by atoms with Gasteiger partial charge in [0.25, 0.3) is 0 Å². The Balaban J connectivity index is 1.72. The standard InChI is InChI=1S/C21H19ClN4O/c1-2-20(27)25-8-10-26(11-9-25)21-17-12-16(15-6-4-3-5-7-15)18(22)13-19(17)23-14-24-21/h2-7,12-14H,1,8-11H2. The molecule has 1 aliphatic rings. The molecule has 2 heterocycles. The summed E-state index contributed by atoms with van der Waals surface area (Å²) in [6.07, 6.45) is 2.93. The summed E-state index contributed by atoms with van der Waals surface area (Å²) in [6.45, 7) is 6.29. The number of hydrogen-bond acceptors (Lipinski definition) is 4. The van der Waals surface area contributed by atoms with Crippen molar-refractivity contribution in [1.82, 2.24) is 14.9 Å². The van der Waals surface area contributed by atoms with Crippen molar-refractivity contribution in [3.05, 3.63) is 66.5 Å². The van der Waals surface area contributed by atoms with E-state index in [0.717, 1.165) is 40.9 Å². The Morgan fingerprint density at radius 1 is 1.07 bits per heavy atom. The summed E-state index contributed by atoms with van der Waals surface area (Å²) >= 11 is 6.52. The second-order valence-corrected chi connectivity index (χ2v) is 6.84. The maximum Gasteiger partial charge on any atom is 0.246 e. The Hall–Kier alpha value is -2.92. The van der Waals surface area contributed by atoms with Gasteiger partial charge in [0.15, 0.2) is 0 Å². The minimum atomic E-state index is -0.0275. The number of carbonyl (C=O) groups excluding carboxylic acids is 1. The number of carbonyl (C=O) groups is 1. The van der Waals surface area contributed by atoms with E-state index in [1.807, 2.05) is 36.4 Å². The number of nitrogens with zero attached hydrogens (tertiary/aromatic N) is 4. The molecule has 1 saturated heterocycles. The van der Waals surface area contributed by atoms with Crippen molar-refractivity contribution in [3.63, 3.8) is 0 Å². The number of halogens is 1. The predicted octanol–water partition coefficient (Wildman–Crippen LogP) is 3.78. The van der Waals surface area contributed by atoms with Gasteiger partial charge in [-0.2, -0.15) is 0 Å². The van der Waals surface area contributed by atoms with Crippen LogP contribution in [0.2, 0.25) is 5.02 Å². The van der Waals surface area contributed by atoms with Crippen LogP contribution in [0.5, 0.6) is 0 Å². The molecule has 0 atom stereocenters. The molecule has 27 heavy (non-hydrogen) atoms. The van der Waals surface area contributed by atoms with Gasteiger partial charge in [0.1, 0.15) is 12.1 Å². The lowest BCUT2D eigenvalue weighted by atomic mass is 10.0. The van der Waals surface area contributed by atoms with Crippen LogP contribution in [-0.4, -0.2) is 47.0 Å². The maximum absolute atomic E-state index is 11.8. The van der Waals surface area contributed by atoms with Gasteiger partial charge in [-0.3, -0.25) is 4.79 Å². The molecule has 0 bridgehead atoms. The Labute approximate surface area is 162 Å². The van der Waals surface area contributed by atoms with E-state index in [9.17, 15) is 4.79 Å². The van der Waals surface area contributed by atoms with Gasteiger partial charge < -0.3 is 9.80 Å². The highest BCUT2D eigenvalue weighted by atomic mass is 35.5. The van der Waals surface area contributed by atoms with Crippen molar-refractivity contribution in [2.45, 2.75) is 0 Å². The number of anilines is 1. The molecular formula is C21H19ClN4O. The summed E-state index contributed by atoms with van der Waals surface area (Å²) < 4.78 is 0. The van der Waals surface area contributed by atoms with Crippen LogP contribution in [0.25, 0.3) is 22.0 Å². The number of benzene rings is 2. The number of piperazine rings is 1. The summed E-state index contributed by atoms with van der Waals surface area (Å²) in [5, 5.41) is 1.63. The van der Waals surface area contributed by atoms with Crippen LogP contribution in [0, 0.1) is 0 Å². The van der Waals surface area contributed by atoms with Crippen LogP contribution >= 0.6 is 11.6 Å². The molecule has 3 aromatic rings. The minimum absolute atomic E-state index is 0.0275. The number of amides is 1. The number of fused-ring (bicyclic) bond motifs is 1. The van der Waals surface area contributed by atoms with Crippen molar-refractivity contribution < 1.29 is 4.79 Å². The van der Waals surface area contributed by atoms with E-state index in [-0.39, 0.29) is 5.91 Å². The van der Waals surface area contributed by atoms with Crippen LogP contribution in [0.4, 0.5) is 5.82 Å². The predicted molar refractivity (Wildman–Crippen MR) is 109 cm³/mol. The highest BCUT2D eigenvalue weighted by Crippen LogP contribution is 2.34. The van der Waals surface area contributed by atoms with Gasteiger partial charge >= 0.3 is 0 Å². The third kappa shape index (κ3) is 3.38. The molecule has 4 rings (SSSR count). The lowest BCUT2D eigenvalue weighted by molar-refractivity contribution is -0.126. The van der Waals surface area contributed by atoms with Gasteiger partial charge in [0, 0.05) is 37.1 Å². The van der Waals surface area contributed by atoms with E-state index in [1.165, 1.54) is 6.08 Å². The van der Waals surface area contributed by atoms with Gasteiger partial charge in [-0.15, -0.1) is 0 Å². The molecule has 0 saturated carbocycles. The Kier molecular flexibility index (Phi) is 4.77. The van der Waals surface area contributed by atoms with Gasteiger partial charge in [-0.05, 0) is 23.8 Å². The van der Waals surface area contributed by atoms with Crippen LogP contribution in [0.3, 0.4) is 0 Å². The fourth-order valence-corrected chi connectivity index (χ4v) is 3.69. The van der Waals surface area contributed by atoms with Gasteiger partial charge in [-0.1, -0.05) is 48.5 Å². The molecule has 6 heteroatoms. The maximum atomic E-state index is 11.8. The van der Waals surface area contributed by atoms with E-state index in [0.29, 0.717) is 18.1 Å². The van der Waals surface area contributed by atoms with E-state index in [4.69, 9.17) is 11.6 Å². The fraction of sp³-hybridized carbons (Fsp3) is 0.190. The zero-order chi connectivity index (χ0) is 18.8. The molecule has 5 nitrogen and oxygen atoms in total. The van der Waals surface area contributed by atoms with E-state index in [1.54, 1.807) is 11.2 Å². The summed E-state index contributed by atoms with van der Waals surface area (Å²) in [7, 11) is 0. The minimum Gasteiger partial charge on any atom is -0.352 e. The average molecular weight is 379 g/mol. The molecule has 1 aromatic heterocycles. The number of aromatic nitrogens is 2. The molecular weight excluding hydrogens is 360 g/mol. The van der Waals surface area contributed by atoms with Gasteiger partial charge in [0.05, 0.1) is 10.5 Å². The quantitative estimate of drug-likeness (QED) is 0.651. The van der Waals surface area contributed by atoms with Crippen molar-refractivity contribution in [3.8, 4) is 11.1 Å². The van der Waals surface area contributed by atoms with E-state index < -0.39 is 0 Å². The molecule has 0 aliphatic carbocycles. The number of rotatable bonds is 3. The zero-order valence-corrected chi connectivity index (χ0v) is 15.6. The van der Waals surface area contributed by atoms with E-state index in [2.05, 4.69) is 27.5 Å². The van der Waals surface area contributed by atoms with Crippen LogP contribution in [0.1, 0.15) is 0 Å². The van der Waals surface area contributed by atoms with E-state index >= 15 is 0 Å². The van der Waals surface area contributed by atoms with Crippen molar-refractivity contribution in [2.24, 2.45) is 0 Å². The largest absolute Gasteiger partial charge is 0.352 e. The Bertz CT molecular complexity index is 998. The smallest absolute Gasteiger partial charge is 0.246 e. The average Bonchev–Trinajstić information content (AvgIpc) is 2.73. The number of hydrogen-bond donors (Lipinski definition) is 0. The molecule has 2 aromatic carbocycles. The van der Waals surface area contributed by atoms with Crippen LogP contribution in [0.15, 0.2) is 61.4 Å². The van der Waals surface area contributed by atoms with Crippen LogP contribution < -0.4 is 4.90 Å². The van der Waals surface area contributed by atoms with Gasteiger partial charge in [-0.25, -0.2) is 9.97 Å². The molecule has 136 valence electrons. The molecule has 1 amide bonds. The first-order chi connectivity index (χ1) is 13.2. The third-order valence-corrected chi connectivity index (χ3v) is 5.17. The van der Waals surface area contributed by atoms with Crippen molar-refractivity contribution >= 4 is 34.2 Å². The SMILES string of the molecule is C=CC(=O)N1CCN(c2ncnc3cc(Cl)c(-c4ccccc4)cc23)CC1. The van der Waals surface area contributed by atoms with Crippen LogP contribution in [-0.2, 0) is 4.79 Å². The molecule has 0 N–H and O–H groups in total. The first kappa shape index (κ1) is 17.5. The normalized spacial score (nSPS) is 14.4. The van der Waals surface area contributed by atoms with Gasteiger partial charge in [0.2, 0.25) is 5.91 Å². The Morgan fingerprint density at radius 2 is 1.81 bits per heavy atom. The van der Waals surface area contributed by atoms with Crippen molar-refractivity contribution in [1.29, 1.82) is 0 Å². The second kappa shape index (κ2) is 7.37. The molecule has 0 unspecified atom stereocenters. The Morgan fingerprint density at radius 3 is 2.52 bits per heavy atom. The monoisotopic (exact) mass is 378 g/mol.